The smallest absolute Gasteiger partial charge is 0.249 e. The summed E-state index contributed by atoms with van der Waals surface area (Å²) in [6.45, 7) is 4.26. The Hall–Kier alpha value is -2.95. The second-order valence-corrected chi connectivity index (χ2v) is 5.71. The lowest BCUT2D eigenvalue weighted by molar-refractivity contribution is -0.126. The van der Waals surface area contributed by atoms with Gasteiger partial charge in [-0.3, -0.25) is 9.59 Å². The van der Waals surface area contributed by atoms with E-state index in [0.29, 0.717) is 11.6 Å². The van der Waals surface area contributed by atoms with E-state index in [-0.39, 0.29) is 12.3 Å². The van der Waals surface area contributed by atoms with E-state index in [1.807, 2.05) is 42.5 Å². The molecule has 0 aliphatic heterocycles. The number of nitrogens with one attached hydrogen (secondary N) is 2. The van der Waals surface area contributed by atoms with Crippen molar-refractivity contribution in [2.45, 2.75) is 26.2 Å². The fourth-order valence-corrected chi connectivity index (χ4v) is 2.06. The first-order chi connectivity index (χ1) is 11.5. The van der Waals surface area contributed by atoms with Crippen LogP contribution in [-0.2, 0) is 9.59 Å². The molecule has 0 unspecified atom stereocenters. The molecule has 0 heterocycles. The number of para-hydroxylation sites is 1. The van der Waals surface area contributed by atoms with Gasteiger partial charge in [0.15, 0.2) is 0 Å². The number of rotatable bonds is 6. The van der Waals surface area contributed by atoms with Crippen molar-refractivity contribution >= 4 is 23.7 Å². The molecule has 2 amide bonds. The molecule has 0 fully saturated rings. The Balaban J connectivity index is 1.79. The predicted octanol–water partition coefficient (Wildman–Crippen LogP) is 3.29. The molecule has 2 rings (SSSR count). The average Bonchev–Trinajstić information content (AvgIpc) is 2.56. The van der Waals surface area contributed by atoms with E-state index in [4.69, 9.17) is 0 Å². The van der Waals surface area contributed by atoms with Crippen molar-refractivity contribution in [2.24, 2.45) is 5.10 Å². The van der Waals surface area contributed by atoms with Gasteiger partial charge in [0.2, 0.25) is 11.8 Å². The van der Waals surface area contributed by atoms with Crippen LogP contribution in [0.5, 0.6) is 0 Å². The molecule has 2 N–H and O–H groups in total. The van der Waals surface area contributed by atoms with Gasteiger partial charge in [0.25, 0.3) is 0 Å². The topological polar surface area (TPSA) is 70.6 Å². The fraction of sp³-hybridized carbons (Fsp3) is 0.211. The highest BCUT2D eigenvalue weighted by atomic mass is 16.2. The minimum absolute atomic E-state index is 0.279. The monoisotopic (exact) mass is 323 g/mol. The highest BCUT2D eigenvalue weighted by Crippen LogP contribution is 2.13. The van der Waals surface area contributed by atoms with Gasteiger partial charge in [0.1, 0.15) is 6.42 Å². The van der Waals surface area contributed by atoms with E-state index in [2.05, 4.69) is 29.7 Å². The quantitative estimate of drug-likeness (QED) is 0.486. The zero-order valence-corrected chi connectivity index (χ0v) is 13.8. The molecule has 0 spiro atoms. The zero-order valence-electron chi connectivity index (χ0n) is 13.8. The summed E-state index contributed by atoms with van der Waals surface area (Å²) in [6.07, 6.45) is 1.27. The summed E-state index contributed by atoms with van der Waals surface area (Å²) < 4.78 is 0. The Kier molecular flexibility index (Phi) is 6.25. The van der Waals surface area contributed by atoms with Gasteiger partial charge in [0, 0.05) is 5.69 Å². The van der Waals surface area contributed by atoms with Crippen molar-refractivity contribution in [3.63, 3.8) is 0 Å². The summed E-state index contributed by atoms with van der Waals surface area (Å²) >= 11 is 0. The maximum Gasteiger partial charge on any atom is 0.249 e. The second-order valence-electron chi connectivity index (χ2n) is 5.71. The van der Waals surface area contributed by atoms with Gasteiger partial charge >= 0.3 is 0 Å². The molecule has 0 aliphatic carbocycles. The maximum atomic E-state index is 11.7. The first-order valence-electron chi connectivity index (χ1n) is 7.81. The van der Waals surface area contributed by atoms with Crippen LogP contribution in [0.15, 0.2) is 59.7 Å². The van der Waals surface area contributed by atoms with Gasteiger partial charge in [-0.05, 0) is 29.2 Å². The first kappa shape index (κ1) is 17.4. The maximum absolute atomic E-state index is 11.7. The standard InChI is InChI=1S/C19H21N3O2/c1-14(2)16-10-8-15(9-11-16)13-20-22-19(24)12-18(23)21-17-6-4-3-5-7-17/h3-11,13-14H,12H2,1-2H3,(H,21,23)(H,22,24). The highest BCUT2D eigenvalue weighted by molar-refractivity contribution is 6.03. The number of nitrogens with zero attached hydrogens (tertiary/aromatic N) is 1. The van der Waals surface area contributed by atoms with Crippen LogP contribution in [0, 0.1) is 0 Å². The summed E-state index contributed by atoms with van der Waals surface area (Å²) in [7, 11) is 0. The largest absolute Gasteiger partial charge is 0.326 e. The van der Waals surface area contributed by atoms with Gasteiger partial charge in [-0.25, -0.2) is 5.43 Å². The zero-order chi connectivity index (χ0) is 17.4. The van der Waals surface area contributed by atoms with Crippen molar-refractivity contribution in [1.29, 1.82) is 0 Å². The van der Waals surface area contributed by atoms with E-state index in [0.717, 1.165) is 5.56 Å². The van der Waals surface area contributed by atoms with Crippen LogP contribution in [0.4, 0.5) is 5.69 Å². The fourth-order valence-electron chi connectivity index (χ4n) is 2.06. The molecule has 0 aliphatic rings. The molecule has 24 heavy (non-hydrogen) atoms. The van der Waals surface area contributed by atoms with Crippen molar-refractivity contribution in [3.8, 4) is 0 Å². The third-order valence-electron chi connectivity index (χ3n) is 3.38. The number of carbonyl (C=O) groups is 2. The Labute approximate surface area is 141 Å². The van der Waals surface area contributed by atoms with E-state index in [1.165, 1.54) is 5.56 Å². The number of amides is 2. The molecule has 0 radical (unpaired) electrons. The van der Waals surface area contributed by atoms with E-state index < -0.39 is 5.91 Å². The van der Waals surface area contributed by atoms with Crippen molar-refractivity contribution in [2.75, 3.05) is 5.32 Å². The first-order valence-corrected chi connectivity index (χ1v) is 7.81. The van der Waals surface area contributed by atoms with Gasteiger partial charge in [-0.2, -0.15) is 5.10 Å². The van der Waals surface area contributed by atoms with Crippen LogP contribution < -0.4 is 10.7 Å². The van der Waals surface area contributed by atoms with Gasteiger partial charge in [-0.1, -0.05) is 56.3 Å². The summed E-state index contributed by atoms with van der Waals surface area (Å²) in [5, 5.41) is 6.52. The lowest BCUT2D eigenvalue weighted by atomic mass is 10.0. The number of hydrogen-bond donors (Lipinski definition) is 2. The average molecular weight is 323 g/mol. The third kappa shape index (κ3) is 5.68. The van der Waals surface area contributed by atoms with Crippen molar-refractivity contribution < 1.29 is 9.59 Å². The van der Waals surface area contributed by atoms with Gasteiger partial charge in [-0.15, -0.1) is 0 Å². The predicted molar refractivity (Wildman–Crippen MR) is 96.0 cm³/mol. The molecule has 0 aromatic heterocycles. The van der Waals surface area contributed by atoms with E-state index in [1.54, 1.807) is 18.3 Å². The highest BCUT2D eigenvalue weighted by Gasteiger charge is 2.08. The Bertz CT molecular complexity index is 707. The lowest BCUT2D eigenvalue weighted by Gasteiger charge is -2.05. The minimum Gasteiger partial charge on any atom is -0.326 e. The number of hydrogen-bond acceptors (Lipinski definition) is 3. The summed E-state index contributed by atoms with van der Waals surface area (Å²) in [4.78, 5) is 23.4. The molecule has 5 heteroatoms. The molecule has 124 valence electrons. The van der Waals surface area contributed by atoms with Crippen LogP contribution in [0.25, 0.3) is 0 Å². The van der Waals surface area contributed by atoms with E-state index in [9.17, 15) is 9.59 Å². The lowest BCUT2D eigenvalue weighted by Crippen LogP contribution is -2.24. The van der Waals surface area contributed by atoms with Crippen LogP contribution in [0.3, 0.4) is 0 Å². The van der Waals surface area contributed by atoms with Crippen LogP contribution >= 0.6 is 0 Å². The molecule has 5 nitrogen and oxygen atoms in total. The van der Waals surface area contributed by atoms with Crippen LogP contribution in [0.2, 0.25) is 0 Å². The molecule has 2 aromatic carbocycles. The van der Waals surface area contributed by atoms with Crippen LogP contribution in [-0.4, -0.2) is 18.0 Å². The SMILES string of the molecule is CC(C)c1ccc(C=NNC(=O)CC(=O)Nc2ccccc2)cc1. The summed E-state index contributed by atoms with van der Waals surface area (Å²) in [5.41, 5.74) is 5.14. The number of hydrazone groups is 1. The van der Waals surface area contributed by atoms with Crippen molar-refractivity contribution in [3.05, 3.63) is 65.7 Å². The normalized spacial score (nSPS) is 10.8. The molecule has 0 saturated carbocycles. The van der Waals surface area contributed by atoms with Crippen molar-refractivity contribution in [1.82, 2.24) is 5.43 Å². The molecule has 0 saturated heterocycles. The molecule has 2 aromatic rings. The number of anilines is 1. The molecular weight excluding hydrogens is 302 g/mol. The molecule has 0 bridgehead atoms. The third-order valence-corrected chi connectivity index (χ3v) is 3.38. The number of carbonyl (C=O) groups excluding carboxylic acids is 2. The summed E-state index contributed by atoms with van der Waals surface area (Å²) in [5.74, 6) is -0.368. The summed E-state index contributed by atoms with van der Waals surface area (Å²) in [6, 6.07) is 16.9. The van der Waals surface area contributed by atoms with Gasteiger partial charge in [0.05, 0.1) is 6.21 Å². The Morgan fingerprint density at radius 2 is 1.67 bits per heavy atom. The van der Waals surface area contributed by atoms with E-state index >= 15 is 0 Å². The molecular formula is C19H21N3O2. The Morgan fingerprint density at radius 3 is 2.29 bits per heavy atom. The Morgan fingerprint density at radius 1 is 1.00 bits per heavy atom. The second kappa shape index (κ2) is 8.62. The minimum atomic E-state index is -0.460. The van der Waals surface area contributed by atoms with Gasteiger partial charge < -0.3 is 5.32 Å². The number of benzene rings is 2. The molecule has 0 atom stereocenters. The van der Waals surface area contributed by atoms with Crippen LogP contribution in [0.1, 0.15) is 37.3 Å².